The fourth-order valence-corrected chi connectivity index (χ4v) is 1.91. The maximum atomic E-state index is 12.1. The second-order valence-corrected chi connectivity index (χ2v) is 4.12. The Labute approximate surface area is 107 Å². The molecule has 0 unspecified atom stereocenters. The van der Waals surface area contributed by atoms with Crippen molar-refractivity contribution < 1.29 is 4.86 Å². The van der Waals surface area contributed by atoms with Gasteiger partial charge in [-0.2, -0.15) is 0 Å². The highest BCUT2D eigenvalue weighted by atomic mass is 16.5. The molecular weight excluding hydrogens is 224 g/mol. The molecule has 18 heavy (non-hydrogen) atoms. The summed E-state index contributed by atoms with van der Waals surface area (Å²) in [6.45, 7) is 4.04. The largest absolute Gasteiger partial charge is 0.594 e. The van der Waals surface area contributed by atoms with Crippen molar-refractivity contribution in [3.63, 3.8) is 0 Å². The van der Waals surface area contributed by atoms with Gasteiger partial charge >= 0.3 is 0 Å². The van der Waals surface area contributed by atoms with E-state index in [1.165, 1.54) is 5.56 Å². The average molecular weight is 240 g/mol. The Morgan fingerprint density at radius 2 is 1.78 bits per heavy atom. The second-order valence-electron chi connectivity index (χ2n) is 4.12. The molecule has 0 aliphatic rings. The van der Waals surface area contributed by atoms with Crippen molar-refractivity contribution in [3.05, 3.63) is 64.9 Å². The SMILES string of the molecule is CCc1cccc([N+]([O-])=Nc2ccccc2)c1C. The van der Waals surface area contributed by atoms with Crippen LogP contribution >= 0.6 is 0 Å². The molecule has 0 amide bonds. The maximum absolute atomic E-state index is 12.1. The van der Waals surface area contributed by atoms with Gasteiger partial charge in [0.15, 0.2) is 0 Å². The first-order valence-electron chi connectivity index (χ1n) is 6.05. The Kier molecular flexibility index (Phi) is 3.72. The van der Waals surface area contributed by atoms with Crippen molar-refractivity contribution in [1.29, 1.82) is 0 Å². The van der Waals surface area contributed by atoms with Crippen molar-refractivity contribution in [3.8, 4) is 0 Å². The monoisotopic (exact) mass is 240 g/mol. The van der Waals surface area contributed by atoms with Gasteiger partial charge in [-0.25, -0.2) is 0 Å². The van der Waals surface area contributed by atoms with E-state index in [1.807, 2.05) is 49.4 Å². The predicted octanol–water partition coefficient (Wildman–Crippen LogP) is 4.48. The summed E-state index contributed by atoms with van der Waals surface area (Å²) in [6, 6.07) is 15.0. The molecule has 0 aliphatic heterocycles. The van der Waals surface area contributed by atoms with Crippen LogP contribution in [0.25, 0.3) is 0 Å². The van der Waals surface area contributed by atoms with Crippen LogP contribution in [0.2, 0.25) is 0 Å². The van der Waals surface area contributed by atoms with Crippen LogP contribution in [0.1, 0.15) is 18.1 Å². The number of rotatable bonds is 3. The van der Waals surface area contributed by atoms with E-state index >= 15 is 0 Å². The van der Waals surface area contributed by atoms with Crippen LogP contribution in [-0.2, 0) is 6.42 Å². The summed E-state index contributed by atoms with van der Waals surface area (Å²) in [5, 5.41) is 16.1. The normalized spacial score (nSPS) is 11.6. The van der Waals surface area contributed by atoms with Crippen molar-refractivity contribution in [2.45, 2.75) is 20.3 Å². The van der Waals surface area contributed by atoms with Crippen molar-refractivity contribution >= 4 is 11.4 Å². The molecule has 0 bridgehead atoms. The van der Waals surface area contributed by atoms with E-state index in [4.69, 9.17) is 0 Å². The average Bonchev–Trinajstić information content (AvgIpc) is 2.40. The lowest BCUT2D eigenvalue weighted by Gasteiger charge is -2.06. The van der Waals surface area contributed by atoms with E-state index in [9.17, 15) is 5.21 Å². The number of azo groups is 1. The van der Waals surface area contributed by atoms with Gasteiger partial charge in [0.1, 0.15) is 5.69 Å². The molecule has 0 radical (unpaired) electrons. The number of hydrogen-bond donors (Lipinski definition) is 0. The minimum absolute atomic E-state index is 0.609. The molecule has 3 heteroatoms. The third kappa shape index (κ3) is 2.56. The topological polar surface area (TPSA) is 38.4 Å². The van der Waals surface area contributed by atoms with E-state index < -0.39 is 0 Å². The molecule has 0 N–H and O–H groups in total. The van der Waals surface area contributed by atoms with E-state index in [-0.39, 0.29) is 0 Å². The van der Waals surface area contributed by atoms with Gasteiger partial charge in [-0.15, -0.1) is 0 Å². The molecule has 0 atom stereocenters. The van der Waals surface area contributed by atoms with Crippen molar-refractivity contribution in [2.24, 2.45) is 5.11 Å². The van der Waals surface area contributed by atoms with Gasteiger partial charge in [0.05, 0.1) is 0 Å². The molecule has 0 aromatic heterocycles. The molecule has 0 saturated heterocycles. The minimum Gasteiger partial charge on any atom is -0.594 e. The summed E-state index contributed by atoms with van der Waals surface area (Å²) in [6.07, 6.45) is 0.916. The van der Waals surface area contributed by atoms with Crippen LogP contribution in [0.5, 0.6) is 0 Å². The number of benzene rings is 2. The molecule has 0 spiro atoms. The zero-order valence-corrected chi connectivity index (χ0v) is 10.6. The highest BCUT2D eigenvalue weighted by molar-refractivity contribution is 5.44. The Hall–Kier alpha value is -2.16. The third-order valence-corrected chi connectivity index (χ3v) is 2.97. The summed E-state index contributed by atoms with van der Waals surface area (Å²) in [7, 11) is 0. The molecule has 2 aromatic rings. The molecule has 0 saturated carbocycles. The first-order chi connectivity index (χ1) is 8.72. The first kappa shape index (κ1) is 12.3. The Morgan fingerprint density at radius 1 is 1.06 bits per heavy atom. The standard InChI is InChI=1S/C15H16N2O/c1-3-13-8-7-11-15(12(13)2)17(18)16-14-9-5-4-6-10-14/h4-11H,3H2,1-2H3. The maximum Gasteiger partial charge on any atom is 0.248 e. The summed E-state index contributed by atoms with van der Waals surface area (Å²) < 4.78 is 0. The van der Waals surface area contributed by atoms with E-state index in [2.05, 4.69) is 12.0 Å². The van der Waals surface area contributed by atoms with Gasteiger partial charge in [-0.1, -0.05) is 37.3 Å². The zero-order valence-electron chi connectivity index (χ0n) is 10.6. The molecule has 0 fully saturated rings. The van der Waals surface area contributed by atoms with Crippen LogP contribution in [0.15, 0.2) is 53.6 Å². The number of nitrogens with zero attached hydrogens (tertiary/aromatic N) is 2. The third-order valence-electron chi connectivity index (χ3n) is 2.97. The van der Waals surface area contributed by atoms with Gasteiger partial charge in [-0.3, -0.25) is 0 Å². The Balaban J connectivity index is 2.40. The van der Waals surface area contributed by atoms with Gasteiger partial charge in [0, 0.05) is 16.7 Å². The van der Waals surface area contributed by atoms with Crippen LogP contribution < -0.4 is 0 Å². The van der Waals surface area contributed by atoms with Crippen LogP contribution in [0.3, 0.4) is 0 Å². The van der Waals surface area contributed by atoms with Gasteiger partial charge in [-0.05, 0) is 35.9 Å². The summed E-state index contributed by atoms with van der Waals surface area (Å²) in [4.78, 5) is 0.698. The minimum atomic E-state index is 0.609. The molecule has 0 aliphatic carbocycles. The molecule has 2 aromatic carbocycles. The Bertz CT molecular complexity index is 562. The summed E-state index contributed by atoms with van der Waals surface area (Å²) in [5.41, 5.74) is 3.44. The molecule has 92 valence electrons. The van der Waals surface area contributed by atoms with Gasteiger partial charge < -0.3 is 5.21 Å². The molecule has 2 rings (SSSR count). The van der Waals surface area contributed by atoms with E-state index in [1.54, 1.807) is 6.07 Å². The molecule has 0 heterocycles. The number of aryl methyl sites for hydroxylation is 1. The van der Waals surface area contributed by atoms with Crippen LogP contribution in [0.4, 0.5) is 11.4 Å². The lowest BCUT2D eigenvalue weighted by molar-refractivity contribution is -0.435. The Morgan fingerprint density at radius 3 is 2.44 bits per heavy atom. The van der Waals surface area contributed by atoms with Gasteiger partial charge in [0.25, 0.3) is 0 Å². The quantitative estimate of drug-likeness (QED) is 0.442. The van der Waals surface area contributed by atoms with Crippen LogP contribution in [0, 0.1) is 12.1 Å². The lowest BCUT2D eigenvalue weighted by Crippen LogP contribution is -1.96. The van der Waals surface area contributed by atoms with Crippen LogP contribution in [-0.4, -0.2) is 4.86 Å². The fourth-order valence-electron chi connectivity index (χ4n) is 1.91. The smallest absolute Gasteiger partial charge is 0.248 e. The highest BCUT2D eigenvalue weighted by Gasteiger charge is 2.11. The van der Waals surface area contributed by atoms with E-state index in [0.29, 0.717) is 16.2 Å². The summed E-state index contributed by atoms with van der Waals surface area (Å²) in [5.74, 6) is 0. The second kappa shape index (κ2) is 5.45. The summed E-state index contributed by atoms with van der Waals surface area (Å²) >= 11 is 0. The predicted molar refractivity (Wildman–Crippen MR) is 72.4 cm³/mol. The highest BCUT2D eigenvalue weighted by Crippen LogP contribution is 2.23. The van der Waals surface area contributed by atoms with Gasteiger partial charge in [0.2, 0.25) is 5.69 Å². The zero-order chi connectivity index (χ0) is 13.0. The van der Waals surface area contributed by atoms with Crippen molar-refractivity contribution in [1.82, 2.24) is 0 Å². The first-order valence-corrected chi connectivity index (χ1v) is 6.05. The van der Waals surface area contributed by atoms with Crippen molar-refractivity contribution in [2.75, 3.05) is 0 Å². The lowest BCUT2D eigenvalue weighted by atomic mass is 10.1. The van der Waals surface area contributed by atoms with E-state index in [0.717, 1.165) is 12.0 Å². The molecule has 3 nitrogen and oxygen atoms in total. The molecular formula is C15H16N2O. The fraction of sp³-hybridized carbons (Fsp3) is 0.200. The number of hydrogen-bond acceptors (Lipinski definition) is 2.